The van der Waals surface area contributed by atoms with Crippen molar-refractivity contribution in [2.75, 3.05) is 19.8 Å². The van der Waals surface area contributed by atoms with E-state index in [0.717, 1.165) is 0 Å². The highest BCUT2D eigenvalue weighted by molar-refractivity contribution is 6.71. The quantitative estimate of drug-likeness (QED) is 0.581. The summed E-state index contributed by atoms with van der Waals surface area (Å²) in [5.41, 5.74) is 0. The minimum absolute atomic E-state index is 0.185. The van der Waals surface area contributed by atoms with Gasteiger partial charge in [0.2, 0.25) is 8.32 Å². The van der Waals surface area contributed by atoms with Crippen LogP contribution in [0.1, 0.15) is 27.2 Å². The van der Waals surface area contributed by atoms with Gasteiger partial charge in [-0.05, 0) is 40.4 Å². The van der Waals surface area contributed by atoms with Crippen LogP contribution in [0.5, 0.6) is 0 Å². The van der Waals surface area contributed by atoms with E-state index in [0.29, 0.717) is 25.9 Å². The van der Waals surface area contributed by atoms with Gasteiger partial charge in [0, 0.05) is 32.3 Å². The van der Waals surface area contributed by atoms with Crippen molar-refractivity contribution in [3.8, 4) is 0 Å². The van der Waals surface area contributed by atoms with Crippen molar-refractivity contribution in [3.05, 3.63) is 0 Å². The van der Waals surface area contributed by atoms with Crippen molar-refractivity contribution in [3.63, 3.8) is 0 Å². The number of carbonyl (C=O) groups excluding carboxylic acids is 1. The maximum atomic E-state index is 11.8. The van der Waals surface area contributed by atoms with Gasteiger partial charge in [0.15, 0.2) is 0 Å². The predicted molar refractivity (Wildman–Crippen MR) is 79.5 cm³/mol. The Labute approximate surface area is 119 Å². The van der Waals surface area contributed by atoms with Crippen LogP contribution in [0, 0.1) is 0 Å². The first-order valence-electron chi connectivity index (χ1n) is 6.92. The van der Waals surface area contributed by atoms with Gasteiger partial charge in [-0.25, -0.2) is 0 Å². The third kappa shape index (κ3) is 8.53. The van der Waals surface area contributed by atoms with Crippen LogP contribution >= 0.6 is 0 Å². The molecule has 0 bridgehead atoms. The van der Waals surface area contributed by atoms with Gasteiger partial charge in [0.05, 0.1) is 0 Å². The Bertz CT molecular complexity index is 248. The van der Waals surface area contributed by atoms with Gasteiger partial charge >= 0.3 is 8.80 Å². The molecule has 0 saturated carbocycles. The lowest BCUT2D eigenvalue weighted by molar-refractivity contribution is -0.135. The van der Waals surface area contributed by atoms with E-state index in [9.17, 15) is 4.79 Å². The summed E-state index contributed by atoms with van der Waals surface area (Å²) in [6, 6.07) is 0.478. The Morgan fingerprint density at radius 2 is 1.32 bits per heavy atom. The van der Waals surface area contributed by atoms with Gasteiger partial charge in [0.1, 0.15) is 0 Å². The summed E-state index contributed by atoms with van der Waals surface area (Å²) in [6.45, 7) is 13.2. The summed E-state index contributed by atoms with van der Waals surface area (Å²) < 4.78 is 22.5. The number of hydrogen-bond acceptors (Lipinski definition) is 5. The molecule has 0 unspecified atom stereocenters. The molecule has 0 heterocycles. The molecule has 5 nitrogen and oxygen atoms in total. The largest absolute Gasteiger partial charge is 0.520 e. The van der Waals surface area contributed by atoms with Crippen LogP contribution in [0.4, 0.5) is 0 Å². The number of carbonyl (C=O) groups is 1. The highest BCUT2D eigenvalue weighted by Crippen LogP contribution is 2.19. The van der Waals surface area contributed by atoms with Gasteiger partial charge in [-0.2, -0.15) is 0 Å². The second-order valence-corrected chi connectivity index (χ2v) is 12.2. The Hall–Kier alpha value is -0.216. The molecule has 114 valence electrons. The Balaban J connectivity index is 4.50. The van der Waals surface area contributed by atoms with Crippen molar-refractivity contribution < 1.29 is 22.5 Å². The van der Waals surface area contributed by atoms with Crippen LogP contribution in [-0.2, 0) is 22.5 Å². The smallest absolute Gasteiger partial charge is 0.501 e. The molecule has 0 aromatic rings. The summed E-state index contributed by atoms with van der Waals surface area (Å²) in [4.78, 5) is 11.8. The molecule has 0 atom stereocenters. The second kappa shape index (κ2) is 8.86. The standard InChI is InChI=1S/C12H28O5Si2/c1-7-14-19(15-8-2,16-9-3)11-10-12(13)17-18(4,5)6/h7-11H2,1-6H3. The van der Waals surface area contributed by atoms with E-state index in [1.54, 1.807) is 0 Å². The third-order valence-corrected chi connectivity index (χ3v) is 6.04. The predicted octanol–water partition coefficient (Wildman–Crippen LogP) is 2.80. The average molecular weight is 309 g/mol. The van der Waals surface area contributed by atoms with Gasteiger partial charge in [-0.3, -0.25) is 4.79 Å². The molecule has 0 N–H and O–H groups in total. The van der Waals surface area contributed by atoms with E-state index in [4.69, 9.17) is 17.7 Å². The fraction of sp³-hybridized carbons (Fsp3) is 0.917. The van der Waals surface area contributed by atoms with Crippen molar-refractivity contribution in [2.24, 2.45) is 0 Å². The highest BCUT2D eigenvalue weighted by atomic mass is 28.4. The molecule has 19 heavy (non-hydrogen) atoms. The SMILES string of the molecule is CCO[Si](CCC(=O)O[Si](C)(C)C)(OCC)OCC. The van der Waals surface area contributed by atoms with Crippen LogP contribution in [0.15, 0.2) is 0 Å². The summed E-state index contributed by atoms with van der Waals surface area (Å²) in [6.07, 6.45) is 0.288. The molecule has 0 rings (SSSR count). The van der Waals surface area contributed by atoms with E-state index in [-0.39, 0.29) is 12.4 Å². The third-order valence-electron chi connectivity index (χ3n) is 2.15. The molecule has 0 aliphatic rings. The summed E-state index contributed by atoms with van der Waals surface area (Å²) in [5, 5.41) is 0. The zero-order chi connectivity index (χ0) is 14.9. The number of hydrogen-bond donors (Lipinski definition) is 0. The van der Waals surface area contributed by atoms with Crippen LogP contribution in [0.25, 0.3) is 0 Å². The maximum absolute atomic E-state index is 11.8. The molecule has 0 aliphatic heterocycles. The molecule has 0 spiro atoms. The number of rotatable bonds is 10. The van der Waals surface area contributed by atoms with Crippen molar-refractivity contribution in [2.45, 2.75) is 52.9 Å². The lowest BCUT2D eigenvalue weighted by atomic mass is 10.5. The zero-order valence-corrected chi connectivity index (χ0v) is 15.1. The molecule has 0 aromatic carbocycles. The fourth-order valence-corrected chi connectivity index (χ4v) is 4.95. The van der Waals surface area contributed by atoms with E-state index in [2.05, 4.69) is 0 Å². The first-order chi connectivity index (χ1) is 8.78. The monoisotopic (exact) mass is 308 g/mol. The summed E-state index contributed by atoms with van der Waals surface area (Å²) >= 11 is 0. The summed E-state index contributed by atoms with van der Waals surface area (Å²) in [7, 11) is -4.55. The van der Waals surface area contributed by atoms with Gasteiger partial charge in [-0.15, -0.1) is 0 Å². The fourth-order valence-electron chi connectivity index (χ4n) is 1.65. The van der Waals surface area contributed by atoms with Crippen LogP contribution < -0.4 is 0 Å². The molecular formula is C12H28O5Si2. The van der Waals surface area contributed by atoms with Crippen molar-refractivity contribution in [1.82, 2.24) is 0 Å². The first-order valence-corrected chi connectivity index (χ1v) is 12.3. The van der Waals surface area contributed by atoms with E-state index < -0.39 is 17.1 Å². The van der Waals surface area contributed by atoms with Crippen LogP contribution in [0.2, 0.25) is 25.7 Å². The average Bonchev–Trinajstić information content (AvgIpc) is 2.25. The van der Waals surface area contributed by atoms with Crippen molar-refractivity contribution >= 4 is 23.1 Å². The Morgan fingerprint density at radius 1 is 0.895 bits per heavy atom. The molecule has 0 radical (unpaired) electrons. The molecule has 0 aliphatic carbocycles. The minimum Gasteiger partial charge on any atom is -0.520 e. The molecule has 0 aromatic heterocycles. The van der Waals surface area contributed by atoms with Gasteiger partial charge in [0.25, 0.3) is 5.97 Å². The lowest BCUT2D eigenvalue weighted by Crippen LogP contribution is -2.46. The van der Waals surface area contributed by atoms with Crippen LogP contribution in [0.3, 0.4) is 0 Å². The van der Waals surface area contributed by atoms with Crippen LogP contribution in [-0.4, -0.2) is 42.9 Å². The normalized spacial score (nSPS) is 12.5. The molecular weight excluding hydrogens is 280 g/mol. The van der Waals surface area contributed by atoms with E-state index >= 15 is 0 Å². The Kier molecular flexibility index (Phi) is 8.76. The molecule has 0 amide bonds. The minimum atomic E-state index is -2.72. The molecule has 7 heteroatoms. The van der Waals surface area contributed by atoms with E-state index in [1.807, 2.05) is 40.4 Å². The lowest BCUT2D eigenvalue weighted by Gasteiger charge is -2.28. The zero-order valence-electron chi connectivity index (χ0n) is 13.1. The topological polar surface area (TPSA) is 54.0 Å². The first kappa shape index (κ1) is 18.8. The maximum Gasteiger partial charge on any atom is 0.501 e. The van der Waals surface area contributed by atoms with Crippen molar-refractivity contribution in [1.29, 1.82) is 0 Å². The van der Waals surface area contributed by atoms with Gasteiger partial charge < -0.3 is 17.7 Å². The Morgan fingerprint density at radius 3 is 1.63 bits per heavy atom. The van der Waals surface area contributed by atoms with Gasteiger partial charge in [-0.1, -0.05) is 0 Å². The highest BCUT2D eigenvalue weighted by Gasteiger charge is 2.41. The van der Waals surface area contributed by atoms with E-state index in [1.165, 1.54) is 0 Å². The second-order valence-electron chi connectivity index (χ2n) is 5.07. The molecule has 0 fully saturated rings. The summed E-state index contributed by atoms with van der Waals surface area (Å²) in [5.74, 6) is -0.185. The molecule has 0 saturated heterocycles.